The summed E-state index contributed by atoms with van der Waals surface area (Å²) in [6.07, 6.45) is 1.53. The summed E-state index contributed by atoms with van der Waals surface area (Å²) in [5.41, 5.74) is 1.68. The average molecular weight is 496 g/mol. The van der Waals surface area contributed by atoms with Gasteiger partial charge in [-0.1, -0.05) is 12.1 Å². The van der Waals surface area contributed by atoms with Crippen LogP contribution in [0.2, 0.25) is 0 Å². The molecule has 2 aliphatic heterocycles. The highest BCUT2D eigenvalue weighted by atomic mass is 32.1. The van der Waals surface area contributed by atoms with E-state index in [-0.39, 0.29) is 23.3 Å². The van der Waals surface area contributed by atoms with E-state index in [9.17, 15) is 14.0 Å². The summed E-state index contributed by atoms with van der Waals surface area (Å²) in [5, 5.41) is 2.35. The van der Waals surface area contributed by atoms with E-state index in [1.807, 2.05) is 17.5 Å². The lowest BCUT2D eigenvalue weighted by Crippen LogP contribution is -2.36. The van der Waals surface area contributed by atoms with Crippen LogP contribution in [-0.4, -0.2) is 47.9 Å². The van der Waals surface area contributed by atoms with Gasteiger partial charge >= 0.3 is 0 Å². The van der Waals surface area contributed by atoms with Crippen LogP contribution in [0.1, 0.15) is 35.8 Å². The molecule has 0 spiro atoms. The summed E-state index contributed by atoms with van der Waals surface area (Å²) in [7, 11) is 0. The first kappa shape index (κ1) is 23.4. The molecule has 0 atom stereocenters. The second-order valence-corrected chi connectivity index (χ2v) is 9.54. The van der Waals surface area contributed by atoms with Crippen molar-refractivity contribution in [2.75, 3.05) is 31.2 Å². The lowest BCUT2D eigenvalue weighted by Gasteiger charge is -2.31. The van der Waals surface area contributed by atoms with Crippen molar-refractivity contribution in [3.63, 3.8) is 0 Å². The first-order chi connectivity index (χ1) is 17.0. The first-order valence-corrected chi connectivity index (χ1v) is 12.5. The Kier molecular flexibility index (Phi) is 6.79. The van der Waals surface area contributed by atoms with E-state index in [0.29, 0.717) is 42.0 Å². The number of hydrogen-bond donors (Lipinski definition) is 0. The maximum Gasteiger partial charge on any atom is 0.230 e. The van der Waals surface area contributed by atoms with E-state index in [1.165, 1.54) is 29.2 Å². The number of halogens is 1. The molecule has 2 aromatic carbocycles. The zero-order valence-corrected chi connectivity index (χ0v) is 20.2. The topological polar surface area (TPSA) is 72.0 Å². The van der Waals surface area contributed by atoms with Crippen molar-refractivity contribution in [2.24, 2.45) is 5.92 Å². The maximum atomic E-state index is 14.3. The number of rotatable bonds is 6. The number of anilines is 2. The molecular formula is C26H26FN3O4S. The van der Waals surface area contributed by atoms with Crippen LogP contribution in [0.3, 0.4) is 0 Å². The van der Waals surface area contributed by atoms with Gasteiger partial charge in [0.15, 0.2) is 22.4 Å². The molecule has 9 heteroatoms. The Hall–Kier alpha value is -3.30. The highest BCUT2D eigenvalue weighted by Crippen LogP contribution is 2.34. The number of ketones is 1. The third-order valence-corrected chi connectivity index (χ3v) is 7.18. The third-order valence-electron chi connectivity index (χ3n) is 6.31. The van der Waals surface area contributed by atoms with Crippen LogP contribution in [0.15, 0.2) is 47.8 Å². The fraction of sp³-hybridized carbons (Fsp3) is 0.346. The third kappa shape index (κ3) is 5.06. The highest BCUT2D eigenvalue weighted by molar-refractivity contribution is 7.14. The zero-order valence-electron chi connectivity index (χ0n) is 19.4. The number of Topliss-reactive ketones (excluding diaryl/α,β-unsaturated/α-hetero) is 1. The van der Waals surface area contributed by atoms with Crippen molar-refractivity contribution in [2.45, 2.75) is 26.3 Å². The first-order valence-electron chi connectivity index (χ1n) is 11.7. The van der Waals surface area contributed by atoms with E-state index in [0.717, 1.165) is 31.6 Å². The van der Waals surface area contributed by atoms with Gasteiger partial charge in [0.1, 0.15) is 19.0 Å². The number of aromatic nitrogens is 1. The van der Waals surface area contributed by atoms with E-state index in [4.69, 9.17) is 9.47 Å². The fourth-order valence-electron chi connectivity index (χ4n) is 4.53. The number of amides is 1. The van der Waals surface area contributed by atoms with Crippen LogP contribution in [0.4, 0.5) is 15.2 Å². The molecule has 0 bridgehead atoms. The Bertz CT molecular complexity index is 1240. The maximum absolute atomic E-state index is 14.3. The van der Waals surface area contributed by atoms with Crippen LogP contribution in [0, 0.1) is 11.7 Å². The molecule has 2 aliphatic rings. The monoisotopic (exact) mass is 495 g/mol. The minimum atomic E-state index is -0.468. The molecule has 1 amide bonds. The lowest BCUT2D eigenvalue weighted by molar-refractivity contribution is -0.115. The Balaban J connectivity index is 1.20. The van der Waals surface area contributed by atoms with Gasteiger partial charge in [0, 0.05) is 30.3 Å². The molecule has 1 saturated heterocycles. The van der Waals surface area contributed by atoms with Crippen LogP contribution in [0.25, 0.3) is 0 Å². The van der Waals surface area contributed by atoms with Gasteiger partial charge in [-0.05, 0) is 56.3 Å². The van der Waals surface area contributed by atoms with Gasteiger partial charge in [-0.15, -0.1) is 11.3 Å². The molecule has 1 fully saturated rings. The zero-order chi connectivity index (χ0) is 24.4. The number of hydrogen-bond acceptors (Lipinski definition) is 7. The number of thiazole rings is 1. The minimum Gasteiger partial charge on any atom is -0.486 e. The summed E-state index contributed by atoms with van der Waals surface area (Å²) in [6, 6.07) is 11.6. The number of carbonyl (C=O) groups is 2. The van der Waals surface area contributed by atoms with Gasteiger partial charge in [-0.25, -0.2) is 9.37 Å². The molecule has 1 aromatic heterocycles. The summed E-state index contributed by atoms with van der Waals surface area (Å²) in [6.45, 7) is 4.58. The fourth-order valence-corrected chi connectivity index (χ4v) is 5.40. The number of fused-ring (bicyclic) bond motifs is 1. The molecule has 35 heavy (non-hydrogen) atoms. The van der Waals surface area contributed by atoms with Crippen LogP contribution in [0.5, 0.6) is 11.5 Å². The van der Waals surface area contributed by atoms with Gasteiger partial charge in [0.2, 0.25) is 5.91 Å². The SMILES string of the molecule is CC(=O)N(c1nc(CN2CCC(C(=O)c3ccc4c(c3)OCCO4)CC2)cs1)c1ccccc1F. The van der Waals surface area contributed by atoms with Crippen LogP contribution < -0.4 is 14.4 Å². The van der Waals surface area contributed by atoms with Gasteiger partial charge in [-0.2, -0.15) is 0 Å². The molecule has 7 nitrogen and oxygen atoms in total. The molecular weight excluding hydrogens is 469 g/mol. The van der Waals surface area contributed by atoms with Crippen molar-refractivity contribution < 1.29 is 23.5 Å². The molecule has 182 valence electrons. The molecule has 0 saturated carbocycles. The number of likely N-dealkylation sites (tertiary alicyclic amines) is 1. The van der Waals surface area contributed by atoms with Crippen molar-refractivity contribution in [3.8, 4) is 11.5 Å². The number of carbonyl (C=O) groups excluding carboxylic acids is 2. The quantitative estimate of drug-likeness (QED) is 0.456. The smallest absolute Gasteiger partial charge is 0.230 e. The Morgan fingerprint density at radius 3 is 2.60 bits per heavy atom. The molecule has 0 radical (unpaired) electrons. The largest absolute Gasteiger partial charge is 0.486 e. The molecule has 0 unspecified atom stereocenters. The Morgan fingerprint density at radius 2 is 1.86 bits per heavy atom. The molecule has 3 aromatic rings. The minimum absolute atomic E-state index is 0.0333. The number of nitrogens with zero attached hydrogens (tertiary/aromatic N) is 3. The van der Waals surface area contributed by atoms with E-state index >= 15 is 0 Å². The summed E-state index contributed by atoms with van der Waals surface area (Å²) in [5.74, 6) is 0.657. The Morgan fingerprint density at radius 1 is 1.11 bits per heavy atom. The highest BCUT2D eigenvalue weighted by Gasteiger charge is 2.28. The van der Waals surface area contributed by atoms with E-state index in [1.54, 1.807) is 24.3 Å². The second-order valence-electron chi connectivity index (χ2n) is 8.70. The molecule has 0 aliphatic carbocycles. The normalized spacial score (nSPS) is 16.2. The van der Waals surface area contributed by atoms with Gasteiger partial charge in [-0.3, -0.25) is 19.4 Å². The van der Waals surface area contributed by atoms with Gasteiger partial charge in [0.05, 0.1) is 11.4 Å². The van der Waals surface area contributed by atoms with Crippen molar-refractivity contribution in [1.29, 1.82) is 0 Å². The predicted octanol–water partition coefficient (Wildman–Crippen LogP) is 4.83. The van der Waals surface area contributed by atoms with Crippen molar-refractivity contribution >= 4 is 33.8 Å². The van der Waals surface area contributed by atoms with Gasteiger partial charge < -0.3 is 9.47 Å². The second kappa shape index (κ2) is 10.1. The standard InChI is InChI=1S/C26H26FN3O4S/c1-17(31)30(22-5-3-2-4-21(22)27)26-28-20(16-35-26)15-29-10-8-18(9-11-29)25(32)19-6-7-23-24(14-19)34-13-12-33-23/h2-7,14,16,18H,8-13,15H2,1H3. The Labute approximate surface area is 207 Å². The summed E-state index contributed by atoms with van der Waals surface area (Å²) in [4.78, 5) is 33.5. The molecule has 5 rings (SSSR count). The molecule has 3 heterocycles. The van der Waals surface area contributed by atoms with Gasteiger partial charge in [0.25, 0.3) is 0 Å². The van der Waals surface area contributed by atoms with Crippen molar-refractivity contribution in [1.82, 2.24) is 9.88 Å². The average Bonchev–Trinajstić information content (AvgIpc) is 3.32. The van der Waals surface area contributed by atoms with E-state index in [2.05, 4.69) is 9.88 Å². The van der Waals surface area contributed by atoms with Crippen LogP contribution >= 0.6 is 11.3 Å². The summed E-state index contributed by atoms with van der Waals surface area (Å²) < 4.78 is 25.5. The number of benzene rings is 2. The number of piperidine rings is 1. The van der Waals surface area contributed by atoms with Crippen LogP contribution in [-0.2, 0) is 11.3 Å². The molecule has 0 N–H and O–H groups in total. The summed E-state index contributed by atoms with van der Waals surface area (Å²) >= 11 is 1.32. The predicted molar refractivity (Wildman–Crippen MR) is 131 cm³/mol. The number of ether oxygens (including phenoxy) is 2. The lowest BCUT2D eigenvalue weighted by atomic mass is 9.88. The van der Waals surface area contributed by atoms with E-state index < -0.39 is 5.82 Å². The van der Waals surface area contributed by atoms with Crippen molar-refractivity contribution in [3.05, 3.63) is 64.9 Å². The number of para-hydroxylation sites is 1.